The second-order valence-corrected chi connectivity index (χ2v) is 5.54. The van der Waals surface area contributed by atoms with Gasteiger partial charge < -0.3 is 10.6 Å². The van der Waals surface area contributed by atoms with Crippen LogP contribution in [-0.2, 0) is 13.0 Å². The molecule has 0 amide bonds. The third-order valence-electron chi connectivity index (χ3n) is 4.05. The van der Waals surface area contributed by atoms with E-state index < -0.39 is 0 Å². The topological polar surface area (TPSA) is 36.4 Å². The summed E-state index contributed by atoms with van der Waals surface area (Å²) < 4.78 is 13.1. The summed E-state index contributed by atoms with van der Waals surface area (Å²) in [7, 11) is 1.75. The molecule has 1 unspecified atom stereocenters. The lowest BCUT2D eigenvalue weighted by Gasteiger charge is -2.30. The normalized spacial score (nSPS) is 15.9. The van der Waals surface area contributed by atoms with Gasteiger partial charge >= 0.3 is 0 Å². The van der Waals surface area contributed by atoms with Crippen LogP contribution in [0.2, 0.25) is 0 Å². The van der Waals surface area contributed by atoms with Gasteiger partial charge in [0, 0.05) is 26.1 Å². The van der Waals surface area contributed by atoms with E-state index in [1.807, 2.05) is 6.07 Å². The molecule has 122 valence electrons. The summed E-state index contributed by atoms with van der Waals surface area (Å²) in [6.07, 6.45) is 1.12. The number of hydrogen-bond donors (Lipinski definition) is 2. The maximum Gasteiger partial charge on any atom is 0.191 e. The molecule has 0 saturated heterocycles. The van der Waals surface area contributed by atoms with Crippen molar-refractivity contribution in [2.45, 2.75) is 18.9 Å². The Kier molecular flexibility index (Phi) is 6.38. The summed E-state index contributed by atoms with van der Waals surface area (Å²) in [4.78, 5) is 4.21. The summed E-state index contributed by atoms with van der Waals surface area (Å²) in [5.41, 5.74) is 3.77. The molecule has 2 aromatic carbocycles. The fourth-order valence-electron chi connectivity index (χ4n) is 2.82. The number of nitrogens with one attached hydrogen (secondary N) is 2. The highest BCUT2D eigenvalue weighted by Gasteiger charge is 2.25. The smallest absolute Gasteiger partial charge is 0.191 e. The van der Waals surface area contributed by atoms with Crippen LogP contribution < -0.4 is 10.6 Å². The number of aliphatic imine (C=N–C) groups is 1. The molecule has 1 atom stereocenters. The number of hydrogen-bond acceptors (Lipinski definition) is 1. The van der Waals surface area contributed by atoms with Crippen LogP contribution in [0.3, 0.4) is 0 Å². The number of fused-ring (bicyclic) bond motifs is 1. The molecule has 0 radical (unpaired) electrons. The Morgan fingerprint density at radius 3 is 2.74 bits per heavy atom. The maximum atomic E-state index is 13.1. The summed E-state index contributed by atoms with van der Waals surface area (Å²) >= 11 is 0. The van der Waals surface area contributed by atoms with Gasteiger partial charge in [-0.3, -0.25) is 4.99 Å². The van der Waals surface area contributed by atoms with Crippen molar-refractivity contribution in [1.29, 1.82) is 0 Å². The summed E-state index contributed by atoms with van der Waals surface area (Å²) in [6, 6.07) is 15.1. The predicted octanol–water partition coefficient (Wildman–Crippen LogP) is 3.45. The van der Waals surface area contributed by atoms with Gasteiger partial charge in [-0.05, 0) is 35.2 Å². The molecule has 0 aliphatic heterocycles. The molecule has 2 aromatic rings. The van der Waals surface area contributed by atoms with Gasteiger partial charge in [0.2, 0.25) is 0 Å². The van der Waals surface area contributed by atoms with E-state index in [-0.39, 0.29) is 29.8 Å². The lowest BCUT2D eigenvalue weighted by atomic mass is 9.78. The van der Waals surface area contributed by atoms with Gasteiger partial charge in [0.25, 0.3) is 0 Å². The Hall–Kier alpha value is -1.63. The van der Waals surface area contributed by atoms with Crippen LogP contribution in [0.25, 0.3) is 0 Å². The molecule has 0 heterocycles. The summed E-state index contributed by atoms with van der Waals surface area (Å²) in [6.45, 7) is 1.42. The second kappa shape index (κ2) is 8.29. The van der Waals surface area contributed by atoms with Crippen molar-refractivity contribution >= 4 is 29.9 Å². The van der Waals surface area contributed by atoms with E-state index in [4.69, 9.17) is 0 Å². The van der Waals surface area contributed by atoms with Crippen LogP contribution in [0.5, 0.6) is 0 Å². The minimum Gasteiger partial charge on any atom is -0.356 e. The monoisotopic (exact) mass is 425 g/mol. The number of nitrogens with zero attached hydrogens (tertiary/aromatic N) is 1. The Morgan fingerprint density at radius 2 is 2.00 bits per heavy atom. The van der Waals surface area contributed by atoms with Gasteiger partial charge in [0.15, 0.2) is 5.96 Å². The van der Waals surface area contributed by atoms with Crippen molar-refractivity contribution in [3.8, 4) is 0 Å². The molecule has 0 aromatic heterocycles. The predicted molar refractivity (Wildman–Crippen MR) is 103 cm³/mol. The van der Waals surface area contributed by atoms with Crippen molar-refractivity contribution < 1.29 is 4.39 Å². The number of benzene rings is 2. The fraction of sp³-hybridized carbons (Fsp3) is 0.278. The van der Waals surface area contributed by atoms with Crippen molar-refractivity contribution in [2.75, 3.05) is 13.6 Å². The first-order chi connectivity index (χ1) is 10.8. The first-order valence-electron chi connectivity index (χ1n) is 7.53. The van der Waals surface area contributed by atoms with Crippen LogP contribution in [0.4, 0.5) is 4.39 Å². The average molecular weight is 425 g/mol. The number of guanidine groups is 1. The lowest BCUT2D eigenvalue weighted by molar-refractivity contribution is 0.583. The minimum absolute atomic E-state index is 0. The third kappa shape index (κ3) is 4.43. The van der Waals surface area contributed by atoms with Gasteiger partial charge in [0.1, 0.15) is 5.82 Å². The number of halogens is 2. The first kappa shape index (κ1) is 17.7. The van der Waals surface area contributed by atoms with Crippen molar-refractivity contribution in [3.63, 3.8) is 0 Å². The minimum atomic E-state index is -0.215. The van der Waals surface area contributed by atoms with Crippen molar-refractivity contribution in [1.82, 2.24) is 10.6 Å². The molecule has 3 rings (SSSR count). The van der Waals surface area contributed by atoms with Crippen LogP contribution in [0, 0.1) is 5.82 Å². The van der Waals surface area contributed by atoms with Crippen LogP contribution in [0.1, 0.15) is 22.6 Å². The van der Waals surface area contributed by atoms with E-state index in [9.17, 15) is 4.39 Å². The zero-order chi connectivity index (χ0) is 15.4. The highest BCUT2D eigenvalue weighted by molar-refractivity contribution is 14.0. The van der Waals surface area contributed by atoms with E-state index in [0.29, 0.717) is 12.5 Å². The van der Waals surface area contributed by atoms with Crippen LogP contribution in [0.15, 0.2) is 53.5 Å². The highest BCUT2D eigenvalue weighted by atomic mass is 127. The Balaban J connectivity index is 0.00000192. The van der Waals surface area contributed by atoms with E-state index >= 15 is 0 Å². The molecule has 2 N–H and O–H groups in total. The van der Waals surface area contributed by atoms with Gasteiger partial charge in [0.05, 0.1) is 0 Å². The Bertz CT molecular complexity index is 687. The second-order valence-electron chi connectivity index (χ2n) is 5.54. The van der Waals surface area contributed by atoms with E-state index in [1.54, 1.807) is 13.1 Å². The fourth-order valence-corrected chi connectivity index (χ4v) is 2.82. The zero-order valence-electron chi connectivity index (χ0n) is 13.1. The quantitative estimate of drug-likeness (QED) is 0.448. The van der Waals surface area contributed by atoms with E-state index in [0.717, 1.165) is 24.5 Å². The molecule has 0 saturated carbocycles. The zero-order valence-corrected chi connectivity index (χ0v) is 15.4. The highest BCUT2D eigenvalue weighted by Crippen LogP contribution is 2.33. The Morgan fingerprint density at radius 1 is 1.17 bits per heavy atom. The molecule has 1 aliphatic carbocycles. The first-order valence-corrected chi connectivity index (χ1v) is 7.53. The van der Waals surface area contributed by atoms with E-state index in [2.05, 4.69) is 39.9 Å². The molecule has 1 aliphatic rings. The molecule has 23 heavy (non-hydrogen) atoms. The van der Waals surface area contributed by atoms with Gasteiger partial charge in [-0.25, -0.2) is 4.39 Å². The third-order valence-corrected chi connectivity index (χ3v) is 4.05. The van der Waals surface area contributed by atoms with Gasteiger partial charge in [-0.15, -0.1) is 24.0 Å². The molecule has 3 nitrogen and oxygen atoms in total. The summed E-state index contributed by atoms with van der Waals surface area (Å²) in [5, 5.41) is 6.55. The Labute approximate surface area is 153 Å². The largest absolute Gasteiger partial charge is 0.356 e. The molecule has 0 bridgehead atoms. The molecule has 0 fully saturated rings. The standard InChI is InChI=1S/C18H20FN3.HI/c1-20-18(21-11-13-5-4-7-16(19)9-13)22-12-15-10-14-6-2-3-8-17(14)15;/h2-9,15H,10-12H2,1H3,(H2,20,21,22);1H. The summed E-state index contributed by atoms with van der Waals surface area (Å²) in [5.74, 6) is 1.07. The van der Waals surface area contributed by atoms with Crippen LogP contribution in [-0.4, -0.2) is 19.6 Å². The molecule has 5 heteroatoms. The molecule has 0 spiro atoms. The maximum absolute atomic E-state index is 13.1. The van der Waals surface area contributed by atoms with E-state index in [1.165, 1.54) is 23.3 Å². The van der Waals surface area contributed by atoms with Gasteiger partial charge in [-0.2, -0.15) is 0 Å². The van der Waals surface area contributed by atoms with Crippen molar-refractivity contribution in [3.05, 3.63) is 71.0 Å². The molecular formula is C18H21FIN3. The lowest BCUT2D eigenvalue weighted by Crippen LogP contribution is -2.40. The SMILES string of the molecule is CN=C(NCc1cccc(F)c1)NCC1Cc2ccccc21.I. The average Bonchev–Trinajstić information content (AvgIpc) is 2.51. The van der Waals surface area contributed by atoms with Crippen molar-refractivity contribution in [2.24, 2.45) is 4.99 Å². The van der Waals surface area contributed by atoms with Crippen LogP contribution >= 0.6 is 24.0 Å². The molecular weight excluding hydrogens is 404 g/mol. The number of rotatable bonds is 4. The van der Waals surface area contributed by atoms with Gasteiger partial charge in [-0.1, -0.05) is 36.4 Å².